The number of aromatic hydroxyl groups is 1. The normalized spacial score (nSPS) is 20.0. The van der Waals surface area contributed by atoms with Crippen LogP contribution in [0.5, 0.6) is 23.0 Å². The van der Waals surface area contributed by atoms with Crippen LogP contribution in [0.3, 0.4) is 0 Å². The maximum absolute atomic E-state index is 14.0. The third-order valence-electron chi connectivity index (χ3n) is 7.08. The van der Waals surface area contributed by atoms with Gasteiger partial charge in [0.1, 0.15) is 11.4 Å². The number of rotatable bonds is 5. The maximum atomic E-state index is 14.0. The molecule has 0 aliphatic carbocycles. The van der Waals surface area contributed by atoms with Crippen molar-refractivity contribution >= 4 is 55.9 Å². The summed E-state index contributed by atoms with van der Waals surface area (Å²) in [7, 11) is 5.69. The van der Waals surface area contributed by atoms with Crippen molar-refractivity contribution in [3.8, 4) is 23.0 Å². The molecule has 2 aliphatic rings. The van der Waals surface area contributed by atoms with E-state index >= 15 is 0 Å². The Morgan fingerprint density at radius 1 is 1.08 bits per heavy atom. The number of esters is 1. The van der Waals surface area contributed by atoms with E-state index in [1.165, 1.54) is 39.4 Å². The van der Waals surface area contributed by atoms with Crippen molar-refractivity contribution in [2.75, 3.05) is 38.7 Å². The Morgan fingerprint density at radius 3 is 2.42 bits per heavy atom. The first-order valence-electron chi connectivity index (χ1n) is 11.7. The lowest BCUT2D eigenvalue weighted by Crippen LogP contribution is -2.48. The number of H-pyrrole nitrogens is 1. The molecule has 3 N–H and O–H groups in total. The summed E-state index contributed by atoms with van der Waals surface area (Å²) >= 11 is 3.66. The fraction of sp³-hybridized carbons (Fsp3) is 0.346. The molecule has 3 heterocycles. The number of phenolic OH excluding ortho intramolecular Hbond substituents is 1. The van der Waals surface area contributed by atoms with E-state index in [9.17, 15) is 19.5 Å². The number of alkyl halides is 1. The molecule has 3 unspecified atom stereocenters. The van der Waals surface area contributed by atoms with Crippen LogP contribution in [0.25, 0.3) is 10.9 Å². The number of hydrogen-bond donors (Lipinski definition) is 3. The Morgan fingerprint density at radius 2 is 1.79 bits per heavy atom. The van der Waals surface area contributed by atoms with Crippen LogP contribution in [0.2, 0.25) is 0 Å². The highest BCUT2D eigenvalue weighted by Gasteiger charge is 2.44. The molecule has 0 saturated heterocycles. The summed E-state index contributed by atoms with van der Waals surface area (Å²) in [4.78, 5) is 43.9. The van der Waals surface area contributed by atoms with Gasteiger partial charge in [-0.05, 0) is 31.0 Å². The van der Waals surface area contributed by atoms with Gasteiger partial charge in [0.2, 0.25) is 5.75 Å². The Kier molecular flexibility index (Phi) is 6.38. The average molecular weight is 588 g/mol. The molecule has 1 amide bonds. The van der Waals surface area contributed by atoms with E-state index in [4.69, 9.17) is 18.9 Å². The van der Waals surface area contributed by atoms with E-state index < -0.39 is 17.8 Å². The lowest BCUT2D eigenvalue weighted by molar-refractivity contribution is -0.140. The minimum atomic E-state index is -1.27. The lowest BCUT2D eigenvalue weighted by Gasteiger charge is -2.39. The first-order valence-corrected chi connectivity index (χ1v) is 12.6. The Hall–Kier alpha value is -3.93. The van der Waals surface area contributed by atoms with Gasteiger partial charge < -0.3 is 39.3 Å². The zero-order valence-electron chi connectivity index (χ0n) is 21.3. The number of phenols is 1. The number of methoxy groups -OCH3 is 4. The number of aromatic amines is 1. The van der Waals surface area contributed by atoms with Gasteiger partial charge in [-0.15, -0.1) is 0 Å². The van der Waals surface area contributed by atoms with E-state index in [1.54, 1.807) is 12.1 Å². The van der Waals surface area contributed by atoms with Crippen molar-refractivity contribution in [2.24, 2.45) is 0 Å². The maximum Gasteiger partial charge on any atom is 0.336 e. The Bertz CT molecular complexity index is 1500. The van der Waals surface area contributed by atoms with Crippen molar-refractivity contribution < 1.29 is 38.4 Å². The van der Waals surface area contributed by atoms with Crippen LogP contribution in [0.15, 0.2) is 18.2 Å². The van der Waals surface area contributed by atoms with E-state index in [1.807, 2.05) is 6.92 Å². The summed E-state index contributed by atoms with van der Waals surface area (Å²) in [6.45, 7) is 1.87. The molecule has 2 aromatic carbocycles. The topological polar surface area (TPSA) is 139 Å². The highest BCUT2D eigenvalue weighted by molar-refractivity contribution is 9.09. The number of benzene rings is 2. The number of carbonyl (C=O) groups excluding carboxylic acids is 3. The molecule has 0 fully saturated rings. The van der Waals surface area contributed by atoms with Gasteiger partial charge in [-0.2, -0.15) is 0 Å². The van der Waals surface area contributed by atoms with E-state index in [-0.39, 0.29) is 39.5 Å². The van der Waals surface area contributed by atoms with Crippen LogP contribution in [-0.2, 0) is 16.0 Å². The molecule has 12 heteroatoms. The number of anilines is 2. The highest BCUT2D eigenvalue weighted by Crippen LogP contribution is 2.47. The van der Waals surface area contributed by atoms with E-state index in [0.717, 1.165) is 0 Å². The fourth-order valence-corrected chi connectivity index (χ4v) is 5.76. The predicted octanol–water partition coefficient (Wildman–Crippen LogP) is 3.40. The standard InChI is InChI=1S/C26H26BrN3O8/c1-10-13(27)8-12-15(9-16(31)20-18(12)22(32)21(29-20)26(34)38-5)30(10)25(33)14-6-11-7-17(35-2)23(36-3)24(37-4)19(11)28-14/h6-7,9-10,13,21,28-29,31H,8H2,1-5H3. The average Bonchev–Trinajstić information content (AvgIpc) is 3.50. The number of nitrogens with zero attached hydrogens (tertiary/aromatic N) is 1. The second-order valence-electron chi connectivity index (χ2n) is 9.04. The SMILES string of the molecule is COC(=O)C1Nc2c(O)cc3c(c2C1=O)CC(Br)C(C)N3C(=O)c1cc2cc(OC)c(OC)c(OC)c2[nH]1. The predicted molar refractivity (Wildman–Crippen MR) is 143 cm³/mol. The zero-order chi connectivity index (χ0) is 27.5. The van der Waals surface area contributed by atoms with E-state index in [0.29, 0.717) is 45.8 Å². The number of ketones is 1. The molecule has 3 aromatic rings. The van der Waals surface area contributed by atoms with Crippen LogP contribution in [0.1, 0.15) is 33.3 Å². The number of Topliss-reactive ketones (excluding diaryl/α,β-unsaturated/α-hetero) is 1. The van der Waals surface area contributed by atoms with Gasteiger partial charge in [-0.1, -0.05) is 15.9 Å². The number of halogens is 1. The molecule has 0 bridgehead atoms. The summed E-state index contributed by atoms with van der Waals surface area (Å²) in [5.41, 5.74) is 2.07. The lowest BCUT2D eigenvalue weighted by atomic mass is 9.89. The molecule has 2 aliphatic heterocycles. The quantitative estimate of drug-likeness (QED) is 0.177. The van der Waals surface area contributed by atoms with Gasteiger partial charge in [-0.3, -0.25) is 9.59 Å². The monoisotopic (exact) mass is 587 g/mol. The Labute approximate surface area is 226 Å². The molecule has 3 atom stereocenters. The third-order valence-corrected chi connectivity index (χ3v) is 8.17. The number of nitrogens with one attached hydrogen (secondary N) is 2. The highest BCUT2D eigenvalue weighted by atomic mass is 79.9. The molecule has 0 spiro atoms. The number of aromatic nitrogens is 1. The van der Waals surface area contributed by atoms with Gasteiger partial charge in [0.15, 0.2) is 23.3 Å². The third kappa shape index (κ3) is 3.65. The van der Waals surface area contributed by atoms with Crippen molar-refractivity contribution in [3.05, 3.63) is 35.0 Å². The number of ether oxygens (including phenoxy) is 4. The molecule has 5 rings (SSSR count). The molecule has 200 valence electrons. The second kappa shape index (κ2) is 9.43. The Balaban J connectivity index is 1.64. The van der Waals surface area contributed by atoms with Gasteiger partial charge in [0.25, 0.3) is 5.91 Å². The van der Waals surface area contributed by atoms with Crippen LogP contribution in [0.4, 0.5) is 11.4 Å². The molecular weight excluding hydrogens is 562 g/mol. The molecule has 38 heavy (non-hydrogen) atoms. The molecule has 0 radical (unpaired) electrons. The minimum Gasteiger partial charge on any atom is -0.506 e. The second-order valence-corrected chi connectivity index (χ2v) is 10.2. The molecule has 1 aromatic heterocycles. The van der Waals surface area contributed by atoms with Crippen molar-refractivity contribution in [2.45, 2.75) is 30.3 Å². The van der Waals surface area contributed by atoms with Crippen molar-refractivity contribution in [1.82, 2.24) is 4.98 Å². The zero-order valence-corrected chi connectivity index (χ0v) is 22.9. The van der Waals surface area contributed by atoms with Crippen molar-refractivity contribution in [1.29, 1.82) is 0 Å². The van der Waals surface area contributed by atoms with Crippen LogP contribution < -0.4 is 24.4 Å². The van der Waals surface area contributed by atoms with E-state index in [2.05, 4.69) is 26.2 Å². The number of fused-ring (bicyclic) bond motifs is 4. The van der Waals surface area contributed by atoms with Crippen molar-refractivity contribution in [3.63, 3.8) is 0 Å². The minimum absolute atomic E-state index is 0.153. The van der Waals surface area contributed by atoms with Crippen LogP contribution in [0, 0.1) is 0 Å². The van der Waals surface area contributed by atoms with Crippen LogP contribution in [-0.4, -0.2) is 73.1 Å². The summed E-state index contributed by atoms with van der Waals surface area (Å²) in [5.74, 6) is -0.705. The number of carbonyl (C=O) groups is 3. The smallest absolute Gasteiger partial charge is 0.336 e. The molecular formula is C26H26BrN3O8. The van der Waals surface area contributed by atoms with Crippen LogP contribution >= 0.6 is 15.9 Å². The molecule has 11 nitrogen and oxygen atoms in total. The summed E-state index contributed by atoms with van der Waals surface area (Å²) < 4.78 is 21.2. The van der Waals surface area contributed by atoms with Gasteiger partial charge in [0, 0.05) is 22.3 Å². The largest absolute Gasteiger partial charge is 0.506 e. The summed E-state index contributed by atoms with van der Waals surface area (Å²) in [6, 6.07) is 3.25. The number of hydrogen-bond acceptors (Lipinski definition) is 9. The molecule has 0 saturated carbocycles. The fourth-order valence-electron chi connectivity index (χ4n) is 5.20. The summed E-state index contributed by atoms with van der Waals surface area (Å²) in [5, 5.41) is 14.3. The van der Waals surface area contributed by atoms with Gasteiger partial charge >= 0.3 is 5.97 Å². The first kappa shape index (κ1) is 25.7. The van der Waals surface area contributed by atoms with Gasteiger partial charge in [-0.25, -0.2) is 4.79 Å². The summed E-state index contributed by atoms with van der Waals surface area (Å²) in [6.07, 6.45) is 0.402. The van der Waals surface area contributed by atoms with Gasteiger partial charge in [0.05, 0.1) is 50.9 Å². The first-order chi connectivity index (χ1) is 18.2. The number of amides is 1.